The largest absolute Gasteiger partial charge is 3.00 e. The van der Waals surface area contributed by atoms with Crippen molar-refractivity contribution in [2.75, 3.05) is 4.90 Å². The predicted molar refractivity (Wildman–Crippen MR) is 158 cm³/mol. The average Bonchev–Trinajstić information content (AvgIpc) is 3.00. The van der Waals surface area contributed by atoms with E-state index in [1.165, 1.54) is 0 Å². The van der Waals surface area contributed by atoms with Crippen molar-refractivity contribution in [2.24, 2.45) is 0 Å². The van der Waals surface area contributed by atoms with Crippen LogP contribution in [0.15, 0.2) is 133 Å². The second kappa shape index (κ2) is 12.6. The van der Waals surface area contributed by atoms with Crippen LogP contribution >= 0.6 is 0 Å². The zero-order valence-electron chi connectivity index (χ0n) is 21.8. The van der Waals surface area contributed by atoms with Gasteiger partial charge in [0.15, 0.2) is 0 Å². The topological polar surface area (TPSA) is 25.4 Å². The van der Waals surface area contributed by atoms with E-state index in [2.05, 4.69) is 54.3 Å². The van der Waals surface area contributed by atoms with Crippen molar-refractivity contribution in [1.29, 1.82) is 0 Å². The molecule has 6 rings (SSSR count). The summed E-state index contributed by atoms with van der Waals surface area (Å²) in [6.45, 7) is 2.06. The first kappa shape index (κ1) is 27.2. The molecule has 0 saturated heterocycles. The minimum atomic E-state index is 0. The Hall–Kier alpha value is -4.41. The molecule has 0 amide bonds. The van der Waals surface area contributed by atoms with Crippen LogP contribution < -0.4 is 9.64 Å². The summed E-state index contributed by atoms with van der Waals surface area (Å²) in [7, 11) is 0. The van der Waals surface area contributed by atoms with E-state index in [0.29, 0.717) is 11.5 Å². The van der Waals surface area contributed by atoms with Gasteiger partial charge in [-0.05, 0) is 35.7 Å². The molecule has 0 aliphatic heterocycles. The minimum absolute atomic E-state index is 0. The molecule has 0 unspecified atom stereocenters. The molecule has 0 radical (unpaired) electrons. The van der Waals surface area contributed by atoms with Gasteiger partial charge in [0.05, 0.1) is 0 Å². The number of pyridine rings is 1. The van der Waals surface area contributed by atoms with Gasteiger partial charge in [0, 0.05) is 22.9 Å². The Morgan fingerprint density at radius 2 is 1.30 bits per heavy atom. The Morgan fingerprint density at radius 1 is 0.600 bits per heavy atom. The normalized spacial score (nSPS) is 10.4. The third-order valence-corrected chi connectivity index (χ3v) is 6.38. The number of ether oxygens (including phenoxy) is 1. The fraction of sp³-hybridized carbons (Fsp3) is 0.0278. The second-order valence-electron chi connectivity index (χ2n) is 9.08. The smallest absolute Gasteiger partial charge is 0.503 e. The van der Waals surface area contributed by atoms with E-state index in [-0.39, 0.29) is 22.4 Å². The Bertz CT molecular complexity index is 1650. The first-order valence-corrected chi connectivity index (χ1v) is 12.8. The zero-order chi connectivity index (χ0) is 26.4. The molecule has 0 aliphatic rings. The third-order valence-electron chi connectivity index (χ3n) is 6.38. The molecule has 5 aromatic carbocycles. The standard InChI is InChI=1S/C36H25N2O.Au/c1-27-23-24-33(26-34(27)36-22-12-21-35(37-36)28-13-5-2-6-14-28)39-32-20-11-19-31(25-32)38(29-15-7-3-8-16-29)30-17-9-4-10-18-30;/h2-13,15-19,21-25H,1H3;/q-3;+3. The first-order valence-electron chi connectivity index (χ1n) is 12.8. The first-order chi connectivity index (χ1) is 19.2. The molecule has 0 N–H and O–H groups in total. The van der Waals surface area contributed by atoms with Crippen molar-refractivity contribution in [3.05, 3.63) is 157 Å². The van der Waals surface area contributed by atoms with Crippen molar-refractivity contribution >= 4 is 17.1 Å². The third kappa shape index (κ3) is 6.08. The van der Waals surface area contributed by atoms with Gasteiger partial charge in [0.2, 0.25) is 0 Å². The summed E-state index contributed by atoms with van der Waals surface area (Å²) in [4.78, 5) is 7.09. The summed E-state index contributed by atoms with van der Waals surface area (Å²) in [5, 5.41) is 0. The number of hydrogen-bond donors (Lipinski definition) is 0. The van der Waals surface area contributed by atoms with E-state index in [1.807, 2.05) is 109 Å². The summed E-state index contributed by atoms with van der Waals surface area (Å²) < 4.78 is 6.30. The quantitative estimate of drug-likeness (QED) is 0.123. The van der Waals surface area contributed by atoms with E-state index in [1.54, 1.807) is 0 Å². The van der Waals surface area contributed by atoms with Crippen molar-refractivity contribution in [1.82, 2.24) is 4.98 Å². The van der Waals surface area contributed by atoms with Gasteiger partial charge in [-0.3, -0.25) is 0 Å². The van der Waals surface area contributed by atoms with Crippen LogP contribution in [0.3, 0.4) is 0 Å². The van der Waals surface area contributed by atoms with Crippen molar-refractivity contribution < 1.29 is 27.1 Å². The molecule has 4 heteroatoms. The van der Waals surface area contributed by atoms with Crippen LogP contribution in [-0.2, 0) is 22.4 Å². The second-order valence-corrected chi connectivity index (χ2v) is 9.08. The van der Waals surface area contributed by atoms with Gasteiger partial charge in [-0.25, -0.2) is 0 Å². The molecule has 0 aliphatic carbocycles. The maximum Gasteiger partial charge on any atom is 3.00 e. The molecule has 0 bridgehead atoms. The Balaban J connectivity index is 0.00000323. The molecular weight excluding hydrogens is 673 g/mol. The van der Waals surface area contributed by atoms with Crippen LogP contribution in [0.25, 0.3) is 22.5 Å². The summed E-state index contributed by atoms with van der Waals surface area (Å²) in [5.41, 5.74) is 7.73. The van der Waals surface area contributed by atoms with Crippen molar-refractivity contribution in [3.63, 3.8) is 0 Å². The number of rotatable bonds is 7. The Kier molecular flexibility index (Phi) is 8.58. The Morgan fingerprint density at radius 3 is 2.00 bits per heavy atom. The van der Waals surface area contributed by atoms with Gasteiger partial charge >= 0.3 is 22.4 Å². The SMILES string of the molecule is Cc1ccc(Oc2[c-]ccc(N(c3ccccc3)c3ccccc3)c2)[c-]c1-c1cccc(-c2[c-]cccc2)n1.[Au+3]. The van der Waals surface area contributed by atoms with E-state index < -0.39 is 0 Å². The molecular formula is C36H25AuN2O. The molecule has 0 saturated carbocycles. The summed E-state index contributed by atoms with van der Waals surface area (Å²) in [6.07, 6.45) is 0. The molecule has 3 nitrogen and oxygen atoms in total. The minimum Gasteiger partial charge on any atom is -0.503 e. The molecule has 40 heavy (non-hydrogen) atoms. The van der Waals surface area contributed by atoms with Crippen molar-refractivity contribution in [2.45, 2.75) is 6.92 Å². The summed E-state index contributed by atoms with van der Waals surface area (Å²) in [5.74, 6) is 1.21. The fourth-order valence-corrected chi connectivity index (χ4v) is 4.50. The Labute approximate surface area is 251 Å². The predicted octanol–water partition coefficient (Wildman–Crippen LogP) is 9.38. The number of aromatic nitrogens is 1. The fourth-order valence-electron chi connectivity index (χ4n) is 4.50. The average molecular weight is 699 g/mol. The van der Waals surface area contributed by atoms with Gasteiger partial charge in [0.25, 0.3) is 0 Å². The van der Waals surface area contributed by atoms with Crippen molar-refractivity contribution in [3.8, 4) is 34.0 Å². The molecule has 196 valence electrons. The van der Waals surface area contributed by atoms with Crippen LogP contribution in [0.5, 0.6) is 11.5 Å². The monoisotopic (exact) mass is 698 g/mol. The molecule has 6 aromatic rings. The summed E-state index contributed by atoms with van der Waals surface area (Å²) >= 11 is 0. The maximum absolute atomic E-state index is 6.30. The number of benzene rings is 5. The number of para-hydroxylation sites is 2. The van der Waals surface area contributed by atoms with Crippen LogP contribution in [0, 0.1) is 25.1 Å². The molecule has 0 atom stereocenters. The molecule has 1 aromatic heterocycles. The van der Waals surface area contributed by atoms with Crippen LogP contribution in [0.4, 0.5) is 17.1 Å². The van der Waals surface area contributed by atoms with Crippen LogP contribution in [0.1, 0.15) is 5.56 Å². The van der Waals surface area contributed by atoms with E-state index in [0.717, 1.165) is 45.1 Å². The molecule has 0 fully saturated rings. The van der Waals surface area contributed by atoms with Crippen LogP contribution in [-0.4, -0.2) is 4.98 Å². The van der Waals surface area contributed by atoms with Gasteiger partial charge in [-0.2, -0.15) is 6.07 Å². The van der Waals surface area contributed by atoms with Crippen LogP contribution in [0.2, 0.25) is 0 Å². The number of aryl methyl sites for hydroxylation is 1. The number of nitrogens with zero attached hydrogens (tertiary/aromatic N) is 2. The van der Waals surface area contributed by atoms with E-state index >= 15 is 0 Å². The van der Waals surface area contributed by atoms with Gasteiger partial charge in [-0.15, -0.1) is 77.4 Å². The summed E-state index contributed by atoms with van der Waals surface area (Å²) in [6, 6.07) is 54.3. The van der Waals surface area contributed by atoms with Gasteiger partial charge in [0.1, 0.15) is 0 Å². The van der Waals surface area contributed by atoms with Gasteiger partial charge in [-0.1, -0.05) is 73.3 Å². The van der Waals surface area contributed by atoms with E-state index in [9.17, 15) is 0 Å². The van der Waals surface area contributed by atoms with Gasteiger partial charge < -0.3 is 14.6 Å². The molecule has 0 spiro atoms. The zero-order valence-corrected chi connectivity index (χ0v) is 24.0. The molecule has 1 heterocycles. The number of hydrogen-bond acceptors (Lipinski definition) is 3. The maximum atomic E-state index is 6.30. The number of anilines is 3. The van der Waals surface area contributed by atoms with E-state index in [4.69, 9.17) is 9.72 Å².